The summed E-state index contributed by atoms with van der Waals surface area (Å²) in [6.07, 6.45) is 4.67. The zero-order chi connectivity index (χ0) is 13.0. The SMILES string of the molecule is CCCC(CNC1CC1)Oc1cc(F)ccc1Br. The first-order valence-electron chi connectivity index (χ1n) is 6.54. The van der Waals surface area contributed by atoms with Crippen molar-refractivity contribution in [3.63, 3.8) is 0 Å². The average molecular weight is 316 g/mol. The summed E-state index contributed by atoms with van der Waals surface area (Å²) in [6.45, 7) is 2.97. The third-order valence-corrected chi connectivity index (χ3v) is 3.66. The molecule has 1 aliphatic rings. The monoisotopic (exact) mass is 315 g/mol. The second-order valence-electron chi connectivity index (χ2n) is 4.79. The summed E-state index contributed by atoms with van der Waals surface area (Å²) in [4.78, 5) is 0. The van der Waals surface area contributed by atoms with Gasteiger partial charge in [-0.3, -0.25) is 0 Å². The van der Waals surface area contributed by atoms with Crippen molar-refractivity contribution in [3.8, 4) is 5.75 Å². The van der Waals surface area contributed by atoms with Crippen molar-refractivity contribution in [1.82, 2.24) is 5.32 Å². The molecule has 0 spiro atoms. The maximum atomic E-state index is 13.2. The minimum Gasteiger partial charge on any atom is -0.488 e. The van der Waals surface area contributed by atoms with Crippen LogP contribution in [0.3, 0.4) is 0 Å². The summed E-state index contributed by atoms with van der Waals surface area (Å²) >= 11 is 3.39. The van der Waals surface area contributed by atoms with Crippen molar-refractivity contribution in [2.24, 2.45) is 0 Å². The summed E-state index contributed by atoms with van der Waals surface area (Å²) in [6, 6.07) is 5.21. The normalized spacial score (nSPS) is 16.6. The molecule has 1 aromatic rings. The minimum atomic E-state index is -0.265. The van der Waals surface area contributed by atoms with Crippen LogP contribution in [0.25, 0.3) is 0 Å². The summed E-state index contributed by atoms with van der Waals surface area (Å²) in [5.41, 5.74) is 0. The van der Waals surface area contributed by atoms with E-state index in [1.165, 1.54) is 25.0 Å². The molecule has 1 aliphatic carbocycles. The molecule has 0 aromatic heterocycles. The smallest absolute Gasteiger partial charge is 0.136 e. The van der Waals surface area contributed by atoms with Gasteiger partial charge in [0.25, 0.3) is 0 Å². The molecule has 1 atom stereocenters. The summed E-state index contributed by atoms with van der Waals surface area (Å²) < 4.78 is 19.9. The molecule has 0 bridgehead atoms. The van der Waals surface area contributed by atoms with Gasteiger partial charge in [-0.2, -0.15) is 0 Å². The van der Waals surface area contributed by atoms with Gasteiger partial charge in [0, 0.05) is 18.7 Å². The van der Waals surface area contributed by atoms with Gasteiger partial charge < -0.3 is 10.1 Å². The summed E-state index contributed by atoms with van der Waals surface area (Å²) in [5, 5.41) is 3.46. The van der Waals surface area contributed by atoms with E-state index in [1.54, 1.807) is 6.07 Å². The second-order valence-corrected chi connectivity index (χ2v) is 5.64. The van der Waals surface area contributed by atoms with Gasteiger partial charge in [0.05, 0.1) is 4.47 Å². The van der Waals surface area contributed by atoms with Gasteiger partial charge in [-0.1, -0.05) is 13.3 Å². The molecule has 1 saturated carbocycles. The predicted octanol–water partition coefficient (Wildman–Crippen LogP) is 3.89. The van der Waals surface area contributed by atoms with E-state index in [1.807, 2.05) is 0 Å². The van der Waals surface area contributed by atoms with Gasteiger partial charge in [-0.25, -0.2) is 4.39 Å². The zero-order valence-electron chi connectivity index (χ0n) is 10.6. The van der Waals surface area contributed by atoms with Crippen LogP contribution in [-0.2, 0) is 0 Å². The molecule has 2 rings (SSSR count). The molecular weight excluding hydrogens is 297 g/mol. The number of ether oxygens (including phenoxy) is 1. The molecule has 1 aromatic carbocycles. The number of hydrogen-bond donors (Lipinski definition) is 1. The van der Waals surface area contributed by atoms with Crippen LogP contribution in [0.4, 0.5) is 4.39 Å². The van der Waals surface area contributed by atoms with E-state index >= 15 is 0 Å². The molecule has 1 N–H and O–H groups in total. The Morgan fingerprint density at radius 3 is 2.94 bits per heavy atom. The molecule has 2 nitrogen and oxygen atoms in total. The Morgan fingerprint density at radius 1 is 1.50 bits per heavy atom. The fraction of sp³-hybridized carbons (Fsp3) is 0.571. The first-order chi connectivity index (χ1) is 8.69. The Morgan fingerprint density at radius 2 is 2.28 bits per heavy atom. The van der Waals surface area contributed by atoms with E-state index in [9.17, 15) is 4.39 Å². The number of hydrogen-bond acceptors (Lipinski definition) is 2. The highest BCUT2D eigenvalue weighted by Crippen LogP contribution is 2.27. The fourth-order valence-electron chi connectivity index (χ4n) is 1.86. The third-order valence-electron chi connectivity index (χ3n) is 3.01. The fourth-order valence-corrected chi connectivity index (χ4v) is 2.20. The third kappa shape index (κ3) is 4.25. The lowest BCUT2D eigenvalue weighted by atomic mass is 10.2. The van der Waals surface area contributed by atoms with Crippen LogP contribution >= 0.6 is 15.9 Å². The largest absolute Gasteiger partial charge is 0.488 e. The topological polar surface area (TPSA) is 21.3 Å². The molecular formula is C14H19BrFNO. The van der Waals surface area contributed by atoms with Crippen LogP contribution in [0.5, 0.6) is 5.75 Å². The Labute approximate surface area is 116 Å². The summed E-state index contributed by atoms with van der Waals surface area (Å²) in [5.74, 6) is 0.324. The molecule has 0 amide bonds. The quantitative estimate of drug-likeness (QED) is 0.824. The molecule has 0 saturated heterocycles. The Kier molecular flexibility index (Phi) is 5.01. The van der Waals surface area contributed by atoms with E-state index in [-0.39, 0.29) is 11.9 Å². The van der Waals surface area contributed by atoms with Gasteiger partial charge in [-0.05, 0) is 47.3 Å². The highest BCUT2D eigenvalue weighted by Gasteiger charge is 2.22. The second kappa shape index (κ2) is 6.53. The molecule has 18 heavy (non-hydrogen) atoms. The number of benzene rings is 1. The average Bonchev–Trinajstić information content (AvgIpc) is 3.15. The first-order valence-corrected chi connectivity index (χ1v) is 7.33. The standard InChI is InChI=1S/C14H19BrFNO/c1-2-3-12(9-17-11-5-6-11)18-14-8-10(16)4-7-13(14)15/h4,7-8,11-12,17H,2-3,5-6,9H2,1H3. The van der Waals surface area contributed by atoms with Gasteiger partial charge in [0.15, 0.2) is 0 Å². The van der Waals surface area contributed by atoms with Crippen LogP contribution in [0.1, 0.15) is 32.6 Å². The molecule has 1 unspecified atom stereocenters. The Bertz CT molecular complexity index is 395. The van der Waals surface area contributed by atoms with Gasteiger partial charge >= 0.3 is 0 Å². The Hall–Kier alpha value is -0.610. The van der Waals surface area contributed by atoms with Crippen molar-refractivity contribution in [2.75, 3.05) is 6.54 Å². The van der Waals surface area contributed by atoms with E-state index in [0.29, 0.717) is 11.8 Å². The van der Waals surface area contributed by atoms with Crippen molar-refractivity contribution < 1.29 is 9.13 Å². The van der Waals surface area contributed by atoms with Gasteiger partial charge in [0.1, 0.15) is 17.7 Å². The van der Waals surface area contributed by atoms with Gasteiger partial charge in [-0.15, -0.1) is 0 Å². The van der Waals surface area contributed by atoms with Crippen molar-refractivity contribution >= 4 is 15.9 Å². The van der Waals surface area contributed by atoms with E-state index < -0.39 is 0 Å². The molecule has 0 heterocycles. The molecule has 100 valence electrons. The highest BCUT2D eigenvalue weighted by atomic mass is 79.9. The predicted molar refractivity (Wildman–Crippen MR) is 74.4 cm³/mol. The molecule has 0 radical (unpaired) electrons. The van der Waals surface area contributed by atoms with Crippen LogP contribution in [0.15, 0.2) is 22.7 Å². The van der Waals surface area contributed by atoms with Crippen molar-refractivity contribution in [2.45, 2.75) is 44.8 Å². The highest BCUT2D eigenvalue weighted by molar-refractivity contribution is 9.10. The van der Waals surface area contributed by atoms with Crippen molar-refractivity contribution in [3.05, 3.63) is 28.5 Å². The number of nitrogens with one attached hydrogen (secondary N) is 1. The van der Waals surface area contributed by atoms with Gasteiger partial charge in [0.2, 0.25) is 0 Å². The maximum absolute atomic E-state index is 13.2. The summed E-state index contributed by atoms with van der Waals surface area (Å²) in [7, 11) is 0. The van der Waals surface area contributed by atoms with Crippen molar-refractivity contribution in [1.29, 1.82) is 0 Å². The van der Waals surface area contributed by atoms with Crippen LogP contribution < -0.4 is 10.1 Å². The van der Waals surface area contributed by atoms with E-state index in [2.05, 4.69) is 28.2 Å². The molecule has 0 aliphatic heterocycles. The van der Waals surface area contributed by atoms with E-state index in [0.717, 1.165) is 23.9 Å². The van der Waals surface area contributed by atoms with Crippen LogP contribution in [-0.4, -0.2) is 18.7 Å². The Balaban J connectivity index is 1.94. The number of rotatable bonds is 7. The molecule has 1 fully saturated rings. The first kappa shape index (κ1) is 13.8. The van der Waals surface area contributed by atoms with Crippen LogP contribution in [0.2, 0.25) is 0 Å². The number of halogens is 2. The zero-order valence-corrected chi connectivity index (χ0v) is 12.2. The maximum Gasteiger partial charge on any atom is 0.136 e. The lowest BCUT2D eigenvalue weighted by Gasteiger charge is -2.20. The van der Waals surface area contributed by atoms with E-state index in [4.69, 9.17) is 4.74 Å². The lowest BCUT2D eigenvalue weighted by Crippen LogP contribution is -2.32. The molecule has 4 heteroatoms. The lowest BCUT2D eigenvalue weighted by molar-refractivity contribution is 0.184. The minimum absolute atomic E-state index is 0.105. The van der Waals surface area contributed by atoms with Crippen LogP contribution in [0, 0.1) is 5.82 Å².